The van der Waals surface area contributed by atoms with E-state index in [1.165, 1.54) is 49.8 Å². The van der Waals surface area contributed by atoms with E-state index in [4.69, 9.17) is 0 Å². The first-order valence-corrected chi connectivity index (χ1v) is 8.05. The van der Waals surface area contributed by atoms with Gasteiger partial charge >= 0.3 is 0 Å². The molecule has 2 heteroatoms. The summed E-state index contributed by atoms with van der Waals surface area (Å²) in [5.41, 5.74) is 0. The molecule has 2 rings (SSSR count). The minimum Gasteiger partial charge on any atom is -0.310 e. The topological polar surface area (TPSA) is 12.0 Å². The molecule has 1 N–H and O–H groups in total. The van der Waals surface area contributed by atoms with Gasteiger partial charge in [0.05, 0.1) is 0 Å². The Hall–Kier alpha value is -0.340. The Bertz CT molecular complexity index is 288. The quantitative estimate of drug-likeness (QED) is 0.768. The summed E-state index contributed by atoms with van der Waals surface area (Å²) in [4.78, 5) is 1.52. The summed E-state index contributed by atoms with van der Waals surface area (Å²) in [6, 6.07) is 5.05. The first kappa shape index (κ1) is 13.1. The molecule has 1 aromatic rings. The minimum absolute atomic E-state index is 0.599. The van der Waals surface area contributed by atoms with Crippen molar-refractivity contribution in [2.75, 3.05) is 6.54 Å². The highest BCUT2D eigenvalue weighted by atomic mass is 32.1. The molecule has 17 heavy (non-hydrogen) atoms. The molecule has 0 bridgehead atoms. The third kappa shape index (κ3) is 4.11. The zero-order chi connectivity index (χ0) is 11.9. The standard InChI is InChI=1S/C15H25NS/c1-2-16-14(15-9-6-12-17-15)11-10-13-7-4-3-5-8-13/h6,9,12-14,16H,2-5,7-8,10-11H2,1H3. The molecular formula is C15H25NS. The van der Waals surface area contributed by atoms with Gasteiger partial charge in [-0.25, -0.2) is 0 Å². The maximum Gasteiger partial charge on any atom is 0.0414 e. The van der Waals surface area contributed by atoms with E-state index in [0.717, 1.165) is 12.5 Å². The molecule has 1 atom stereocenters. The van der Waals surface area contributed by atoms with Gasteiger partial charge in [-0.3, -0.25) is 0 Å². The Balaban J connectivity index is 1.81. The molecule has 0 saturated heterocycles. The predicted octanol–water partition coefficient (Wildman–Crippen LogP) is 4.76. The van der Waals surface area contributed by atoms with Crippen molar-refractivity contribution in [3.05, 3.63) is 22.4 Å². The van der Waals surface area contributed by atoms with Gasteiger partial charge in [-0.1, -0.05) is 45.1 Å². The van der Waals surface area contributed by atoms with Crippen molar-refractivity contribution in [3.63, 3.8) is 0 Å². The third-order valence-corrected chi connectivity index (χ3v) is 4.91. The summed E-state index contributed by atoms with van der Waals surface area (Å²) < 4.78 is 0. The van der Waals surface area contributed by atoms with Gasteiger partial charge in [-0.2, -0.15) is 0 Å². The van der Waals surface area contributed by atoms with Crippen molar-refractivity contribution in [2.45, 2.75) is 57.9 Å². The summed E-state index contributed by atoms with van der Waals surface area (Å²) in [6.07, 6.45) is 10.1. The lowest BCUT2D eigenvalue weighted by Crippen LogP contribution is -2.21. The van der Waals surface area contributed by atoms with Crippen LogP contribution in [-0.2, 0) is 0 Å². The molecule has 1 nitrogen and oxygen atoms in total. The van der Waals surface area contributed by atoms with E-state index in [-0.39, 0.29) is 0 Å². The average molecular weight is 251 g/mol. The molecular weight excluding hydrogens is 226 g/mol. The number of hydrogen-bond donors (Lipinski definition) is 1. The van der Waals surface area contributed by atoms with Gasteiger partial charge < -0.3 is 5.32 Å². The van der Waals surface area contributed by atoms with Gasteiger partial charge in [0.2, 0.25) is 0 Å². The SMILES string of the molecule is CCNC(CCC1CCCCC1)c1cccs1. The molecule has 0 aliphatic heterocycles. The lowest BCUT2D eigenvalue weighted by molar-refractivity contribution is 0.316. The van der Waals surface area contributed by atoms with Crippen LogP contribution in [0.5, 0.6) is 0 Å². The summed E-state index contributed by atoms with van der Waals surface area (Å²) in [5.74, 6) is 1.00. The van der Waals surface area contributed by atoms with E-state index in [1.807, 2.05) is 11.3 Å². The highest BCUT2D eigenvalue weighted by Crippen LogP contribution is 2.31. The van der Waals surface area contributed by atoms with Crippen LogP contribution < -0.4 is 5.32 Å². The summed E-state index contributed by atoms with van der Waals surface area (Å²) >= 11 is 1.90. The lowest BCUT2D eigenvalue weighted by atomic mass is 9.85. The molecule has 1 aromatic heterocycles. The van der Waals surface area contributed by atoms with Crippen molar-refractivity contribution in [1.29, 1.82) is 0 Å². The van der Waals surface area contributed by atoms with Gasteiger partial charge in [0.1, 0.15) is 0 Å². The van der Waals surface area contributed by atoms with Crippen LogP contribution in [0, 0.1) is 5.92 Å². The third-order valence-electron chi connectivity index (χ3n) is 3.93. The number of thiophene rings is 1. The smallest absolute Gasteiger partial charge is 0.0414 e. The molecule has 1 saturated carbocycles. The molecule has 1 fully saturated rings. The minimum atomic E-state index is 0.599. The number of hydrogen-bond acceptors (Lipinski definition) is 2. The highest BCUT2D eigenvalue weighted by molar-refractivity contribution is 7.10. The normalized spacial score (nSPS) is 19.4. The van der Waals surface area contributed by atoms with Crippen LogP contribution in [0.2, 0.25) is 0 Å². The van der Waals surface area contributed by atoms with E-state index in [1.54, 1.807) is 0 Å². The van der Waals surface area contributed by atoms with Crippen molar-refractivity contribution in [1.82, 2.24) is 5.32 Å². The molecule has 1 heterocycles. The fourth-order valence-corrected chi connectivity index (χ4v) is 3.80. The number of nitrogens with one attached hydrogen (secondary N) is 1. The zero-order valence-corrected chi connectivity index (χ0v) is 11.8. The summed E-state index contributed by atoms with van der Waals surface area (Å²) in [6.45, 7) is 3.29. The summed E-state index contributed by atoms with van der Waals surface area (Å²) in [7, 11) is 0. The van der Waals surface area contributed by atoms with Crippen LogP contribution in [0.4, 0.5) is 0 Å². The average Bonchev–Trinajstić information content (AvgIpc) is 2.89. The van der Waals surface area contributed by atoms with Crippen molar-refractivity contribution >= 4 is 11.3 Å². The fourth-order valence-electron chi connectivity index (χ4n) is 2.96. The van der Waals surface area contributed by atoms with E-state index in [0.29, 0.717) is 6.04 Å². The molecule has 1 unspecified atom stereocenters. The molecule has 1 aliphatic carbocycles. The Kier molecular flexibility index (Phi) is 5.53. The highest BCUT2D eigenvalue weighted by Gasteiger charge is 2.17. The van der Waals surface area contributed by atoms with Crippen LogP contribution in [0.1, 0.15) is 62.8 Å². The predicted molar refractivity (Wildman–Crippen MR) is 76.5 cm³/mol. The molecule has 0 amide bonds. The van der Waals surface area contributed by atoms with E-state index >= 15 is 0 Å². The fraction of sp³-hybridized carbons (Fsp3) is 0.733. The van der Waals surface area contributed by atoms with Gasteiger partial charge in [-0.15, -0.1) is 11.3 Å². The lowest BCUT2D eigenvalue weighted by Gasteiger charge is -2.24. The van der Waals surface area contributed by atoms with Crippen molar-refractivity contribution < 1.29 is 0 Å². The van der Waals surface area contributed by atoms with Crippen LogP contribution in [0.3, 0.4) is 0 Å². The second-order valence-electron chi connectivity index (χ2n) is 5.21. The maximum atomic E-state index is 3.64. The Morgan fingerprint density at radius 3 is 2.82 bits per heavy atom. The summed E-state index contributed by atoms with van der Waals surface area (Å²) in [5, 5.41) is 5.83. The van der Waals surface area contributed by atoms with Gasteiger partial charge in [-0.05, 0) is 36.8 Å². The second-order valence-corrected chi connectivity index (χ2v) is 6.19. The monoisotopic (exact) mass is 251 g/mol. The van der Waals surface area contributed by atoms with E-state index in [2.05, 4.69) is 29.8 Å². The van der Waals surface area contributed by atoms with Crippen LogP contribution in [0.25, 0.3) is 0 Å². The van der Waals surface area contributed by atoms with E-state index in [9.17, 15) is 0 Å². The van der Waals surface area contributed by atoms with Gasteiger partial charge in [0.25, 0.3) is 0 Å². The van der Waals surface area contributed by atoms with Crippen molar-refractivity contribution in [2.24, 2.45) is 5.92 Å². The number of rotatable bonds is 6. The second kappa shape index (κ2) is 7.17. The first-order valence-electron chi connectivity index (χ1n) is 7.17. The largest absolute Gasteiger partial charge is 0.310 e. The zero-order valence-electron chi connectivity index (χ0n) is 11.0. The molecule has 0 radical (unpaired) electrons. The van der Waals surface area contributed by atoms with Gasteiger partial charge in [0.15, 0.2) is 0 Å². The van der Waals surface area contributed by atoms with Crippen LogP contribution >= 0.6 is 11.3 Å². The molecule has 0 aromatic carbocycles. The first-order chi connectivity index (χ1) is 8.40. The Morgan fingerprint density at radius 2 is 2.18 bits per heavy atom. The Labute approximate surface area is 110 Å². The van der Waals surface area contributed by atoms with Crippen LogP contribution in [0.15, 0.2) is 17.5 Å². The van der Waals surface area contributed by atoms with E-state index < -0.39 is 0 Å². The Morgan fingerprint density at radius 1 is 1.35 bits per heavy atom. The van der Waals surface area contributed by atoms with Crippen molar-refractivity contribution in [3.8, 4) is 0 Å². The maximum absolute atomic E-state index is 3.64. The van der Waals surface area contributed by atoms with Crippen LogP contribution in [-0.4, -0.2) is 6.54 Å². The molecule has 96 valence electrons. The molecule has 1 aliphatic rings. The van der Waals surface area contributed by atoms with Gasteiger partial charge in [0, 0.05) is 10.9 Å². The molecule has 0 spiro atoms.